The number of likely N-dealkylation sites (tertiary alicyclic amines) is 1. The van der Waals surface area contributed by atoms with Gasteiger partial charge in [0.2, 0.25) is 5.91 Å². The van der Waals surface area contributed by atoms with Crippen molar-refractivity contribution in [2.45, 2.75) is 37.4 Å². The minimum absolute atomic E-state index is 0.0288. The zero-order valence-electron chi connectivity index (χ0n) is 17.0. The van der Waals surface area contributed by atoms with E-state index in [-0.39, 0.29) is 29.9 Å². The standard InChI is InChI=1S/C23H24ClN5O2/c24-18-3-1-2-17(12-18)20-13-21(28-27-20)23(31)29-10-8-19(9-11-29)26-22(30)16-6-4-15(14-25)5-7-16/h1-7,12,19-21,27-28H,8-11,13H2,(H,26,30). The highest BCUT2D eigenvalue weighted by atomic mass is 35.5. The van der Waals surface area contributed by atoms with E-state index >= 15 is 0 Å². The van der Waals surface area contributed by atoms with Crippen molar-refractivity contribution in [3.8, 4) is 6.07 Å². The van der Waals surface area contributed by atoms with Crippen molar-refractivity contribution >= 4 is 23.4 Å². The van der Waals surface area contributed by atoms with E-state index in [1.807, 2.05) is 35.2 Å². The molecule has 0 aromatic heterocycles. The van der Waals surface area contributed by atoms with Gasteiger partial charge in [0.05, 0.1) is 11.6 Å². The summed E-state index contributed by atoms with van der Waals surface area (Å²) >= 11 is 6.08. The third kappa shape index (κ3) is 5.05. The molecule has 2 aliphatic rings. The first-order valence-electron chi connectivity index (χ1n) is 10.4. The number of piperidine rings is 1. The maximum atomic E-state index is 12.9. The minimum atomic E-state index is -0.284. The molecule has 2 amide bonds. The summed E-state index contributed by atoms with van der Waals surface area (Å²) in [5.74, 6) is -0.0748. The van der Waals surface area contributed by atoms with Crippen LogP contribution in [0, 0.1) is 11.3 Å². The summed E-state index contributed by atoms with van der Waals surface area (Å²) in [5.41, 5.74) is 8.43. The summed E-state index contributed by atoms with van der Waals surface area (Å²) in [4.78, 5) is 27.2. The van der Waals surface area contributed by atoms with Gasteiger partial charge in [-0.15, -0.1) is 0 Å². The molecule has 8 heteroatoms. The van der Waals surface area contributed by atoms with Gasteiger partial charge in [-0.2, -0.15) is 5.26 Å². The molecule has 4 rings (SSSR count). The number of carbonyl (C=O) groups excluding carboxylic acids is 2. The number of nitriles is 1. The van der Waals surface area contributed by atoms with E-state index in [2.05, 4.69) is 16.2 Å². The Bertz CT molecular complexity index is 996. The van der Waals surface area contributed by atoms with E-state index in [0.29, 0.717) is 48.5 Å². The second-order valence-corrected chi connectivity index (χ2v) is 8.38. The second kappa shape index (κ2) is 9.48. The van der Waals surface area contributed by atoms with Crippen molar-refractivity contribution in [1.29, 1.82) is 5.26 Å². The number of rotatable bonds is 4. The molecular weight excluding hydrogens is 414 g/mol. The molecule has 2 unspecified atom stereocenters. The summed E-state index contributed by atoms with van der Waals surface area (Å²) in [5, 5.41) is 12.6. The number of nitrogens with one attached hydrogen (secondary N) is 3. The van der Waals surface area contributed by atoms with Crippen LogP contribution in [0.15, 0.2) is 48.5 Å². The average Bonchev–Trinajstić information content (AvgIpc) is 3.29. The molecule has 2 aromatic rings. The Balaban J connectivity index is 1.26. The maximum absolute atomic E-state index is 12.9. The molecule has 0 aliphatic carbocycles. The number of nitrogens with zero attached hydrogens (tertiary/aromatic N) is 2. The fraction of sp³-hybridized carbons (Fsp3) is 0.348. The summed E-state index contributed by atoms with van der Waals surface area (Å²) in [6, 6.07) is 16.1. The van der Waals surface area contributed by atoms with Gasteiger partial charge in [0.1, 0.15) is 6.04 Å². The van der Waals surface area contributed by atoms with Crippen LogP contribution in [0.25, 0.3) is 0 Å². The summed E-state index contributed by atoms with van der Waals surface area (Å²) < 4.78 is 0. The van der Waals surface area contributed by atoms with Crippen molar-refractivity contribution in [2.24, 2.45) is 0 Å². The van der Waals surface area contributed by atoms with Crippen LogP contribution in [-0.4, -0.2) is 41.9 Å². The first-order chi connectivity index (χ1) is 15.0. The highest BCUT2D eigenvalue weighted by Crippen LogP contribution is 2.26. The van der Waals surface area contributed by atoms with E-state index in [0.717, 1.165) is 5.56 Å². The molecule has 0 saturated carbocycles. The Morgan fingerprint density at radius 1 is 1.10 bits per heavy atom. The zero-order chi connectivity index (χ0) is 21.8. The number of hydrazine groups is 1. The Morgan fingerprint density at radius 2 is 1.84 bits per heavy atom. The van der Waals surface area contributed by atoms with Crippen LogP contribution in [0.5, 0.6) is 0 Å². The van der Waals surface area contributed by atoms with Crippen LogP contribution >= 0.6 is 11.6 Å². The van der Waals surface area contributed by atoms with Gasteiger partial charge in [0, 0.05) is 35.8 Å². The zero-order valence-corrected chi connectivity index (χ0v) is 17.7. The van der Waals surface area contributed by atoms with Gasteiger partial charge in [0.25, 0.3) is 5.91 Å². The van der Waals surface area contributed by atoms with Crippen LogP contribution < -0.4 is 16.2 Å². The predicted molar refractivity (Wildman–Crippen MR) is 117 cm³/mol. The van der Waals surface area contributed by atoms with Crippen molar-refractivity contribution < 1.29 is 9.59 Å². The highest BCUT2D eigenvalue weighted by Gasteiger charge is 2.34. The van der Waals surface area contributed by atoms with E-state index in [1.54, 1.807) is 24.3 Å². The first kappa shape index (κ1) is 21.3. The Hall–Kier alpha value is -2.92. The molecular formula is C23H24ClN5O2. The van der Waals surface area contributed by atoms with Gasteiger partial charge in [-0.3, -0.25) is 9.59 Å². The fourth-order valence-electron chi connectivity index (χ4n) is 4.09. The molecule has 7 nitrogen and oxygen atoms in total. The number of hydrogen-bond donors (Lipinski definition) is 3. The molecule has 2 aliphatic heterocycles. The van der Waals surface area contributed by atoms with Crippen molar-refractivity contribution in [3.63, 3.8) is 0 Å². The van der Waals surface area contributed by atoms with Crippen LogP contribution in [0.4, 0.5) is 0 Å². The molecule has 2 saturated heterocycles. The number of amides is 2. The molecule has 0 spiro atoms. The predicted octanol–water partition coefficient (Wildman–Crippen LogP) is 2.54. The lowest BCUT2D eigenvalue weighted by atomic mass is 9.99. The Labute approximate surface area is 186 Å². The molecule has 3 N–H and O–H groups in total. The Kier molecular flexibility index (Phi) is 6.52. The van der Waals surface area contributed by atoms with Crippen molar-refractivity contribution in [1.82, 2.24) is 21.1 Å². The highest BCUT2D eigenvalue weighted by molar-refractivity contribution is 6.30. The lowest BCUT2D eigenvalue weighted by Crippen LogP contribution is -2.51. The smallest absolute Gasteiger partial charge is 0.251 e. The molecule has 0 bridgehead atoms. The molecule has 2 heterocycles. The second-order valence-electron chi connectivity index (χ2n) is 7.95. The van der Waals surface area contributed by atoms with Gasteiger partial charge >= 0.3 is 0 Å². The van der Waals surface area contributed by atoms with Crippen molar-refractivity contribution in [3.05, 3.63) is 70.2 Å². The van der Waals surface area contributed by atoms with Crippen LogP contribution in [0.2, 0.25) is 5.02 Å². The minimum Gasteiger partial charge on any atom is -0.349 e. The lowest BCUT2D eigenvalue weighted by Gasteiger charge is -2.33. The van der Waals surface area contributed by atoms with E-state index in [9.17, 15) is 9.59 Å². The van der Waals surface area contributed by atoms with Gasteiger partial charge in [0.15, 0.2) is 0 Å². The molecule has 2 fully saturated rings. The number of halogens is 1. The number of benzene rings is 2. The normalized spacial score (nSPS) is 21.5. The quantitative estimate of drug-likeness (QED) is 0.683. The monoisotopic (exact) mass is 437 g/mol. The molecule has 31 heavy (non-hydrogen) atoms. The maximum Gasteiger partial charge on any atom is 0.251 e. The van der Waals surface area contributed by atoms with E-state index in [1.165, 1.54) is 0 Å². The van der Waals surface area contributed by atoms with Gasteiger partial charge < -0.3 is 10.2 Å². The van der Waals surface area contributed by atoms with Gasteiger partial charge in [-0.05, 0) is 61.2 Å². The fourth-order valence-corrected chi connectivity index (χ4v) is 4.29. The van der Waals surface area contributed by atoms with Crippen LogP contribution in [-0.2, 0) is 4.79 Å². The van der Waals surface area contributed by atoms with Crippen LogP contribution in [0.1, 0.15) is 46.8 Å². The number of carbonyl (C=O) groups is 2. The Morgan fingerprint density at radius 3 is 2.52 bits per heavy atom. The average molecular weight is 438 g/mol. The first-order valence-corrected chi connectivity index (χ1v) is 10.8. The molecule has 160 valence electrons. The van der Waals surface area contributed by atoms with Crippen LogP contribution in [0.3, 0.4) is 0 Å². The third-order valence-electron chi connectivity index (χ3n) is 5.87. The summed E-state index contributed by atoms with van der Waals surface area (Å²) in [6.07, 6.45) is 2.09. The van der Waals surface area contributed by atoms with Gasteiger partial charge in [-0.25, -0.2) is 10.9 Å². The third-order valence-corrected chi connectivity index (χ3v) is 6.11. The molecule has 0 radical (unpaired) electrons. The summed E-state index contributed by atoms with van der Waals surface area (Å²) in [6.45, 7) is 1.22. The number of hydrogen-bond acceptors (Lipinski definition) is 5. The molecule has 2 aromatic carbocycles. The lowest BCUT2D eigenvalue weighted by molar-refractivity contribution is -0.134. The van der Waals surface area contributed by atoms with E-state index < -0.39 is 0 Å². The SMILES string of the molecule is N#Cc1ccc(C(=O)NC2CCN(C(=O)C3CC(c4cccc(Cl)c4)NN3)CC2)cc1. The van der Waals surface area contributed by atoms with Crippen molar-refractivity contribution in [2.75, 3.05) is 13.1 Å². The van der Waals surface area contributed by atoms with E-state index in [4.69, 9.17) is 16.9 Å². The van der Waals surface area contributed by atoms with Gasteiger partial charge in [-0.1, -0.05) is 23.7 Å². The summed E-state index contributed by atoms with van der Waals surface area (Å²) in [7, 11) is 0. The largest absolute Gasteiger partial charge is 0.349 e. The topological polar surface area (TPSA) is 97.3 Å². The molecule has 2 atom stereocenters.